The Morgan fingerprint density at radius 2 is 1.56 bits per heavy atom. The minimum atomic E-state index is 0.602. The topological polar surface area (TPSA) is 27.3 Å². The average molecular weight is 376 g/mol. The SMILES string of the molecule is CCCCCCCCCCCCOCn1c[n+](C)c2ccc(OCC)cc21. The van der Waals surface area contributed by atoms with Crippen LogP contribution in [0.15, 0.2) is 24.5 Å². The van der Waals surface area contributed by atoms with Crippen LogP contribution in [0.5, 0.6) is 5.75 Å². The largest absolute Gasteiger partial charge is 0.494 e. The Kier molecular flexibility index (Phi) is 10.3. The number of aryl methyl sites for hydroxylation is 1. The Labute approximate surface area is 165 Å². The van der Waals surface area contributed by atoms with Crippen molar-refractivity contribution in [2.75, 3.05) is 13.2 Å². The van der Waals surface area contributed by atoms with Crippen molar-refractivity contribution in [3.8, 4) is 5.75 Å². The van der Waals surface area contributed by atoms with Gasteiger partial charge in [0.05, 0.1) is 20.3 Å². The van der Waals surface area contributed by atoms with E-state index in [1.807, 2.05) is 13.0 Å². The van der Waals surface area contributed by atoms with Crippen molar-refractivity contribution < 1.29 is 14.0 Å². The molecule has 27 heavy (non-hydrogen) atoms. The van der Waals surface area contributed by atoms with E-state index in [4.69, 9.17) is 9.47 Å². The second kappa shape index (κ2) is 12.8. The molecule has 0 fully saturated rings. The third-order valence-electron chi connectivity index (χ3n) is 5.13. The normalized spacial score (nSPS) is 11.4. The van der Waals surface area contributed by atoms with E-state index >= 15 is 0 Å². The summed E-state index contributed by atoms with van der Waals surface area (Å²) in [5, 5.41) is 0. The Hall–Kier alpha value is -1.55. The summed E-state index contributed by atoms with van der Waals surface area (Å²) in [4.78, 5) is 0. The molecule has 0 N–H and O–H groups in total. The summed E-state index contributed by atoms with van der Waals surface area (Å²) in [5.41, 5.74) is 2.35. The molecule has 1 heterocycles. The number of benzene rings is 1. The van der Waals surface area contributed by atoms with Crippen LogP contribution in [-0.4, -0.2) is 17.8 Å². The Bertz CT molecular complexity index is 651. The summed E-state index contributed by atoms with van der Waals surface area (Å²) >= 11 is 0. The van der Waals surface area contributed by atoms with Crippen molar-refractivity contribution in [3.63, 3.8) is 0 Å². The Morgan fingerprint density at radius 1 is 0.889 bits per heavy atom. The van der Waals surface area contributed by atoms with Gasteiger partial charge in [-0.3, -0.25) is 0 Å². The average Bonchev–Trinajstić information content (AvgIpc) is 2.98. The smallest absolute Gasteiger partial charge is 0.246 e. The van der Waals surface area contributed by atoms with Gasteiger partial charge in [-0.2, -0.15) is 0 Å². The van der Waals surface area contributed by atoms with E-state index in [0.29, 0.717) is 13.3 Å². The molecule has 4 heteroatoms. The number of aromatic nitrogens is 2. The first-order chi connectivity index (χ1) is 13.3. The van der Waals surface area contributed by atoms with Crippen molar-refractivity contribution >= 4 is 11.0 Å². The second-order valence-corrected chi connectivity index (χ2v) is 7.50. The molecule has 0 bridgehead atoms. The molecule has 152 valence electrons. The molecule has 0 unspecified atom stereocenters. The molecule has 0 atom stereocenters. The minimum absolute atomic E-state index is 0.602. The van der Waals surface area contributed by atoms with Gasteiger partial charge in [0.15, 0.2) is 17.8 Å². The fourth-order valence-corrected chi connectivity index (χ4v) is 3.58. The maximum atomic E-state index is 5.92. The highest BCUT2D eigenvalue weighted by molar-refractivity contribution is 5.73. The van der Waals surface area contributed by atoms with Gasteiger partial charge in [-0.05, 0) is 25.5 Å². The molecule has 0 saturated heterocycles. The number of hydrogen-bond donors (Lipinski definition) is 0. The van der Waals surface area contributed by atoms with Gasteiger partial charge in [0, 0.05) is 6.07 Å². The molecule has 0 spiro atoms. The first kappa shape index (κ1) is 21.7. The van der Waals surface area contributed by atoms with Crippen LogP contribution in [0.2, 0.25) is 0 Å². The first-order valence-electron chi connectivity index (χ1n) is 10.9. The van der Waals surface area contributed by atoms with Crippen LogP contribution in [0.3, 0.4) is 0 Å². The van der Waals surface area contributed by atoms with Gasteiger partial charge >= 0.3 is 0 Å². The highest BCUT2D eigenvalue weighted by Gasteiger charge is 2.14. The van der Waals surface area contributed by atoms with Crippen molar-refractivity contribution in [2.24, 2.45) is 7.05 Å². The fourth-order valence-electron chi connectivity index (χ4n) is 3.58. The third kappa shape index (κ3) is 7.53. The molecule has 2 rings (SSSR count). The standard InChI is InChI=1S/C23H39N2O2/c1-4-6-7-8-9-10-11-12-13-14-17-26-20-25-19-24(3)22-16-15-21(27-5-2)18-23(22)25/h15-16,18-19H,4-14,17,20H2,1-3H3/q+1. The predicted octanol–water partition coefficient (Wildman–Crippen LogP) is 5.76. The number of fused-ring (bicyclic) bond motifs is 1. The van der Waals surface area contributed by atoms with Crippen LogP contribution < -0.4 is 9.30 Å². The molecule has 1 aromatic carbocycles. The van der Waals surface area contributed by atoms with E-state index in [-0.39, 0.29) is 0 Å². The zero-order valence-electron chi connectivity index (χ0n) is 17.7. The van der Waals surface area contributed by atoms with E-state index in [0.717, 1.165) is 24.3 Å². The number of unbranched alkanes of at least 4 members (excludes halogenated alkanes) is 9. The van der Waals surface area contributed by atoms with Gasteiger partial charge < -0.3 is 9.47 Å². The molecule has 0 amide bonds. The number of nitrogens with zero attached hydrogens (tertiary/aromatic N) is 2. The van der Waals surface area contributed by atoms with Crippen LogP contribution in [0.1, 0.15) is 78.1 Å². The van der Waals surface area contributed by atoms with Crippen molar-refractivity contribution in [1.29, 1.82) is 0 Å². The van der Waals surface area contributed by atoms with E-state index < -0.39 is 0 Å². The molecular weight excluding hydrogens is 336 g/mol. The van der Waals surface area contributed by atoms with Crippen LogP contribution >= 0.6 is 0 Å². The first-order valence-corrected chi connectivity index (χ1v) is 10.9. The van der Waals surface area contributed by atoms with E-state index in [2.05, 4.69) is 41.6 Å². The lowest BCUT2D eigenvalue weighted by atomic mass is 10.1. The molecular formula is C23H39N2O2+. The van der Waals surface area contributed by atoms with Gasteiger partial charge in [-0.1, -0.05) is 64.7 Å². The zero-order chi connectivity index (χ0) is 19.3. The number of rotatable bonds is 15. The van der Waals surface area contributed by atoms with Crippen molar-refractivity contribution in [3.05, 3.63) is 24.5 Å². The third-order valence-corrected chi connectivity index (χ3v) is 5.13. The van der Waals surface area contributed by atoms with Crippen LogP contribution in [0.4, 0.5) is 0 Å². The van der Waals surface area contributed by atoms with Crippen LogP contribution in [-0.2, 0) is 18.5 Å². The summed E-state index contributed by atoms with van der Waals surface area (Å²) in [5.74, 6) is 0.916. The van der Waals surface area contributed by atoms with Crippen molar-refractivity contribution in [1.82, 2.24) is 4.57 Å². The molecule has 0 saturated carbocycles. The summed E-state index contributed by atoms with van der Waals surface area (Å²) in [6.07, 6.45) is 15.7. The Balaban J connectivity index is 1.61. The lowest BCUT2D eigenvalue weighted by molar-refractivity contribution is -0.646. The highest BCUT2D eigenvalue weighted by Crippen LogP contribution is 2.19. The van der Waals surface area contributed by atoms with Gasteiger partial charge in [0.1, 0.15) is 5.75 Å². The summed E-state index contributed by atoms with van der Waals surface area (Å²) < 4.78 is 15.8. The van der Waals surface area contributed by atoms with E-state index in [1.165, 1.54) is 63.3 Å². The lowest BCUT2D eigenvalue weighted by Crippen LogP contribution is -2.25. The lowest BCUT2D eigenvalue weighted by Gasteiger charge is -2.04. The summed E-state index contributed by atoms with van der Waals surface area (Å²) in [6.45, 7) is 6.42. The summed E-state index contributed by atoms with van der Waals surface area (Å²) in [7, 11) is 2.07. The van der Waals surface area contributed by atoms with Gasteiger partial charge in [-0.25, -0.2) is 9.13 Å². The van der Waals surface area contributed by atoms with Crippen LogP contribution in [0, 0.1) is 0 Å². The molecule has 2 aromatic rings. The highest BCUT2D eigenvalue weighted by atomic mass is 16.5. The molecule has 0 aliphatic carbocycles. The minimum Gasteiger partial charge on any atom is -0.494 e. The predicted molar refractivity (Wildman–Crippen MR) is 112 cm³/mol. The zero-order valence-corrected chi connectivity index (χ0v) is 17.7. The monoisotopic (exact) mass is 375 g/mol. The van der Waals surface area contributed by atoms with Gasteiger partial charge in [-0.15, -0.1) is 0 Å². The number of ether oxygens (including phenoxy) is 2. The molecule has 1 aromatic heterocycles. The van der Waals surface area contributed by atoms with Gasteiger partial charge in [0.2, 0.25) is 6.33 Å². The Morgan fingerprint density at radius 3 is 2.22 bits per heavy atom. The van der Waals surface area contributed by atoms with Gasteiger partial charge in [0.25, 0.3) is 0 Å². The maximum Gasteiger partial charge on any atom is 0.246 e. The molecule has 0 radical (unpaired) electrons. The maximum absolute atomic E-state index is 5.92. The van der Waals surface area contributed by atoms with E-state index in [9.17, 15) is 0 Å². The second-order valence-electron chi connectivity index (χ2n) is 7.50. The number of imidazole rings is 1. The van der Waals surface area contributed by atoms with Crippen LogP contribution in [0.25, 0.3) is 11.0 Å². The molecule has 0 aliphatic heterocycles. The fraction of sp³-hybridized carbons (Fsp3) is 0.696. The quantitative estimate of drug-likeness (QED) is 0.292. The summed E-state index contributed by atoms with van der Waals surface area (Å²) in [6, 6.07) is 6.24. The molecule has 0 aliphatic rings. The number of hydrogen-bond acceptors (Lipinski definition) is 2. The van der Waals surface area contributed by atoms with E-state index in [1.54, 1.807) is 0 Å². The molecule has 4 nitrogen and oxygen atoms in total. The van der Waals surface area contributed by atoms with Crippen molar-refractivity contribution in [2.45, 2.75) is 84.8 Å².